The molecule has 0 aliphatic carbocycles. The third-order valence-electron chi connectivity index (χ3n) is 5.30. The maximum absolute atomic E-state index is 12.7. The van der Waals surface area contributed by atoms with Crippen LogP contribution in [0.3, 0.4) is 0 Å². The van der Waals surface area contributed by atoms with Crippen molar-refractivity contribution in [3.63, 3.8) is 0 Å². The van der Waals surface area contributed by atoms with Gasteiger partial charge in [0.25, 0.3) is 0 Å². The molecule has 1 aromatic heterocycles. The molecule has 0 radical (unpaired) electrons. The number of hydrogen-bond donors (Lipinski definition) is 2. The number of halogens is 1. The lowest BCUT2D eigenvalue weighted by Gasteiger charge is -2.27. The Kier molecular flexibility index (Phi) is 5.03. The number of benzene rings is 2. The highest BCUT2D eigenvalue weighted by atomic mass is 35.5. The van der Waals surface area contributed by atoms with Crippen LogP contribution in [0.4, 0.5) is 5.82 Å². The number of nitriles is 1. The van der Waals surface area contributed by atoms with E-state index >= 15 is 0 Å². The van der Waals surface area contributed by atoms with E-state index in [1.165, 1.54) is 0 Å². The van der Waals surface area contributed by atoms with Crippen molar-refractivity contribution in [1.29, 1.82) is 5.26 Å². The second-order valence-corrected chi connectivity index (χ2v) is 7.61. The summed E-state index contributed by atoms with van der Waals surface area (Å²) in [7, 11) is 2.07. The van der Waals surface area contributed by atoms with Crippen molar-refractivity contribution in [3.05, 3.63) is 47.0 Å². The number of fused-ring (bicyclic) bond motifs is 1. The van der Waals surface area contributed by atoms with Crippen molar-refractivity contribution in [2.24, 2.45) is 5.92 Å². The van der Waals surface area contributed by atoms with Crippen LogP contribution in [0, 0.1) is 17.2 Å². The highest BCUT2D eigenvalue weighted by molar-refractivity contribution is 6.33. The fraction of sp³-hybridized carbons (Fsp3) is 0.286. The molecule has 142 valence electrons. The van der Waals surface area contributed by atoms with E-state index in [2.05, 4.69) is 33.5 Å². The molecule has 1 saturated heterocycles. The number of carbonyl (C=O) groups is 1. The van der Waals surface area contributed by atoms with Crippen molar-refractivity contribution in [2.45, 2.75) is 12.8 Å². The largest absolute Gasteiger partial charge is 0.308 e. The number of aromatic amines is 1. The molecule has 4 rings (SSSR count). The zero-order chi connectivity index (χ0) is 19.7. The monoisotopic (exact) mass is 393 g/mol. The number of hydrogen-bond acceptors (Lipinski definition) is 4. The van der Waals surface area contributed by atoms with Crippen molar-refractivity contribution >= 4 is 34.2 Å². The number of likely N-dealkylation sites (tertiary alicyclic amines) is 1. The van der Waals surface area contributed by atoms with Gasteiger partial charge in [0.15, 0.2) is 5.82 Å². The molecule has 28 heavy (non-hydrogen) atoms. The quantitative estimate of drug-likeness (QED) is 0.703. The Balaban J connectivity index is 1.64. The van der Waals surface area contributed by atoms with Crippen LogP contribution in [-0.2, 0) is 4.79 Å². The van der Waals surface area contributed by atoms with E-state index in [-0.39, 0.29) is 11.8 Å². The molecule has 2 aromatic carbocycles. The Morgan fingerprint density at radius 3 is 2.82 bits per heavy atom. The van der Waals surface area contributed by atoms with E-state index in [0.29, 0.717) is 16.4 Å². The van der Waals surface area contributed by atoms with Crippen LogP contribution in [0.2, 0.25) is 5.02 Å². The van der Waals surface area contributed by atoms with E-state index in [4.69, 9.17) is 16.9 Å². The van der Waals surface area contributed by atoms with Crippen molar-refractivity contribution in [3.8, 4) is 17.2 Å². The molecule has 6 nitrogen and oxygen atoms in total. The van der Waals surface area contributed by atoms with Crippen molar-refractivity contribution in [2.75, 3.05) is 25.5 Å². The third-order valence-corrected chi connectivity index (χ3v) is 5.63. The molecule has 1 aliphatic heterocycles. The predicted octanol–water partition coefficient (Wildman–Crippen LogP) is 4.04. The first-order valence-corrected chi connectivity index (χ1v) is 9.60. The maximum atomic E-state index is 12.7. The summed E-state index contributed by atoms with van der Waals surface area (Å²) >= 11 is 6.34. The first-order chi connectivity index (χ1) is 13.5. The maximum Gasteiger partial charge on any atom is 0.228 e. The highest BCUT2D eigenvalue weighted by Gasteiger charge is 2.24. The molecule has 2 N–H and O–H groups in total. The fourth-order valence-electron chi connectivity index (χ4n) is 3.58. The Morgan fingerprint density at radius 2 is 2.07 bits per heavy atom. The van der Waals surface area contributed by atoms with Gasteiger partial charge in [0, 0.05) is 21.9 Å². The SMILES string of the molecule is CN1CCC(C(=O)Nc2n[nH]c3ccc(-c4cc(C#N)ccc4Cl)cc23)CC1. The summed E-state index contributed by atoms with van der Waals surface area (Å²) in [5, 5.41) is 20.8. The molecule has 0 bridgehead atoms. The van der Waals surface area contributed by atoms with Gasteiger partial charge in [-0.2, -0.15) is 10.4 Å². The van der Waals surface area contributed by atoms with Crippen LogP contribution in [0.1, 0.15) is 18.4 Å². The lowest BCUT2D eigenvalue weighted by Crippen LogP contribution is -2.36. The summed E-state index contributed by atoms with van der Waals surface area (Å²) in [4.78, 5) is 14.9. The first-order valence-electron chi connectivity index (χ1n) is 9.22. The average Bonchev–Trinajstić information content (AvgIpc) is 3.11. The van der Waals surface area contributed by atoms with Gasteiger partial charge in [-0.25, -0.2) is 0 Å². The van der Waals surface area contributed by atoms with Gasteiger partial charge in [0.2, 0.25) is 5.91 Å². The fourth-order valence-corrected chi connectivity index (χ4v) is 3.81. The standard InChI is InChI=1S/C21H20ClN5O/c1-27-8-6-14(7-9-27)21(28)24-20-17-11-15(3-5-19(17)25-26-20)16-10-13(12-23)2-4-18(16)22/h2-5,10-11,14H,6-9H2,1H3,(H2,24,25,26,28). The van der Waals surface area contributed by atoms with E-state index in [1.54, 1.807) is 18.2 Å². The molecule has 0 atom stereocenters. The molecule has 0 spiro atoms. The topological polar surface area (TPSA) is 84.8 Å². The predicted molar refractivity (Wildman–Crippen MR) is 110 cm³/mol. The lowest BCUT2D eigenvalue weighted by atomic mass is 9.96. The Hall–Kier alpha value is -2.88. The van der Waals surface area contributed by atoms with Crippen molar-refractivity contribution < 1.29 is 4.79 Å². The molecule has 7 heteroatoms. The van der Waals surface area contributed by atoms with Crippen LogP contribution in [0.5, 0.6) is 0 Å². The Bertz CT molecular complexity index is 1080. The molecule has 1 aliphatic rings. The Labute approximate surface area is 168 Å². The summed E-state index contributed by atoms with van der Waals surface area (Å²) in [6.45, 7) is 1.86. The molecule has 0 saturated carbocycles. The molecular weight excluding hydrogens is 374 g/mol. The van der Waals surface area contributed by atoms with Crippen LogP contribution >= 0.6 is 11.6 Å². The number of rotatable bonds is 3. The van der Waals surface area contributed by atoms with Crippen LogP contribution < -0.4 is 5.32 Å². The molecular formula is C21H20ClN5O. The van der Waals surface area contributed by atoms with Gasteiger partial charge in [0.05, 0.1) is 17.1 Å². The zero-order valence-corrected chi connectivity index (χ0v) is 16.3. The van der Waals surface area contributed by atoms with Gasteiger partial charge in [-0.05, 0) is 68.9 Å². The minimum atomic E-state index is 0.00730. The second-order valence-electron chi connectivity index (χ2n) is 7.21. The average molecular weight is 394 g/mol. The van der Waals surface area contributed by atoms with Gasteiger partial charge in [-0.15, -0.1) is 0 Å². The minimum Gasteiger partial charge on any atom is -0.308 e. The van der Waals surface area contributed by atoms with Gasteiger partial charge in [-0.1, -0.05) is 17.7 Å². The first kappa shape index (κ1) is 18.5. The number of nitrogens with zero attached hydrogens (tertiary/aromatic N) is 3. The van der Waals surface area contributed by atoms with Gasteiger partial charge in [-0.3, -0.25) is 9.89 Å². The van der Waals surface area contributed by atoms with E-state index in [0.717, 1.165) is 48.0 Å². The number of H-pyrrole nitrogens is 1. The number of amides is 1. The molecule has 0 unspecified atom stereocenters. The number of aromatic nitrogens is 2. The summed E-state index contributed by atoms with van der Waals surface area (Å²) in [5.41, 5.74) is 3.01. The van der Waals surface area contributed by atoms with Gasteiger partial charge < -0.3 is 10.2 Å². The normalized spacial score (nSPS) is 15.5. The lowest BCUT2D eigenvalue weighted by molar-refractivity contribution is -0.121. The van der Waals surface area contributed by atoms with Crippen LogP contribution in [0.25, 0.3) is 22.0 Å². The zero-order valence-electron chi connectivity index (χ0n) is 15.5. The van der Waals surface area contributed by atoms with E-state index in [9.17, 15) is 4.79 Å². The minimum absolute atomic E-state index is 0.00730. The number of anilines is 1. The van der Waals surface area contributed by atoms with E-state index < -0.39 is 0 Å². The van der Waals surface area contributed by atoms with E-state index in [1.807, 2.05) is 18.2 Å². The molecule has 1 amide bonds. The summed E-state index contributed by atoms with van der Waals surface area (Å²) in [5.74, 6) is 0.539. The molecule has 3 aromatic rings. The highest BCUT2D eigenvalue weighted by Crippen LogP contribution is 2.33. The summed E-state index contributed by atoms with van der Waals surface area (Å²) in [6.07, 6.45) is 1.71. The number of carbonyl (C=O) groups excluding carboxylic acids is 1. The summed E-state index contributed by atoms with van der Waals surface area (Å²) < 4.78 is 0. The third kappa shape index (κ3) is 3.59. The van der Waals surface area contributed by atoms with Crippen molar-refractivity contribution in [1.82, 2.24) is 15.1 Å². The summed E-state index contributed by atoms with van der Waals surface area (Å²) in [6, 6.07) is 13.1. The molecule has 2 heterocycles. The smallest absolute Gasteiger partial charge is 0.228 e. The van der Waals surface area contributed by atoms with Crippen LogP contribution in [-0.4, -0.2) is 41.1 Å². The number of piperidine rings is 1. The van der Waals surface area contributed by atoms with Gasteiger partial charge in [0.1, 0.15) is 0 Å². The van der Waals surface area contributed by atoms with Gasteiger partial charge >= 0.3 is 0 Å². The Morgan fingerprint density at radius 1 is 1.29 bits per heavy atom. The second kappa shape index (κ2) is 7.63. The molecule has 1 fully saturated rings. The number of nitrogens with one attached hydrogen (secondary N) is 2. The van der Waals surface area contributed by atoms with Crippen LogP contribution in [0.15, 0.2) is 36.4 Å².